The highest BCUT2D eigenvalue weighted by Crippen LogP contribution is 2.68. The van der Waals surface area contributed by atoms with Gasteiger partial charge in [-0.1, -0.05) is 13.8 Å². The molecule has 1 heterocycles. The highest BCUT2D eigenvalue weighted by atomic mass is 16.6. The van der Waals surface area contributed by atoms with Crippen molar-refractivity contribution in [3.05, 3.63) is 0 Å². The molecule has 5 fully saturated rings. The van der Waals surface area contributed by atoms with Crippen LogP contribution in [0.5, 0.6) is 0 Å². The van der Waals surface area contributed by atoms with E-state index in [-0.39, 0.29) is 17.5 Å². The summed E-state index contributed by atoms with van der Waals surface area (Å²) in [6.45, 7) is 4.91. The summed E-state index contributed by atoms with van der Waals surface area (Å²) >= 11 is 0. The maximum Gasteiger partial charge on any atom is 0.306 e. The molecule has 1 saturated heterocycles. The van der Waals surface area contributed by atoms with Gasteiger partial charge in [0.25, 0.3) is 0 Å². The lowest BCUT2D eigenvalue weighted by atomic mass is 9.45. The third kappa shape index (κ3) is 1.85. The average molecular weight is 330 g/mol. The Morgan fingerprint density at radius 1 is 0.958 bits per heavy atom. The van der Waals surface area contributed by atoms with E-state index in [0.29, 0.717) is 29.5 Å². The lowest BCUT2D eigenvalue weighted by Crippen LogP contribution is -2.54. The normalized spacial score (nSPS) is 56.1. The Morgan fingerprint density at radius 3 is 2.62 bits per heavy atom. The van der Waals surface area contributed by atoms with Gasteiger partial charge in [0.05, 0.1) is 6.42 Å². The van der Waals surface area contributed by atoms with Crippen LogP contribution in [0.3, 0.4) is 0 Å². The van der Waals surface area contributed by atoms with E-state index in [1.807, 2.05) is 0 Å². The maximum atomic E-state index is 12.0. The molecule has 4 aliphatic carbocycles. The molecule has 0 spiro atoms. The fourth-order valence-electron chi connectivity index (χ4n) is 8.00. The Kier molecular flexibility index (Phi) is 3.12. The zero-order chi connectivity index (χ0) is 16.7. The van der Waals surface area contributed by atoms with E-state index in [4.69, 9.17) is 4.74 Å². The Morgan fingerprint density at radius 2 is 1.79 bits per heavy atom. The van der Waals surface area contributed by atoms with E-state index in [1.54, 1.807) is 0 Å². The van der Waals surface area contributed by atoms with Crippen molar-refractivity contribution in [1.29, 1.82) is 0 Å². The first-order valence-electron chi connectivity index (χ1n) is 10.1. The Labute approximate surface area is 144 Å². The molecule has 4 saturated carbocycles. The lowest BCUT2D eigenvalue weighted by molar-refractivity contribution is -0.157. The first-order valence-corrected chi connectivity index (χ1v) is 10.1. The number of hydrogen-bond acceptors (Lipinski definition) is 3. The van der Waals surface area contributed by atoms with Gasteiger partial charge in [-0.3, -0.25) is 9.59 Å². The zero-order valence-corrected chi connectivity index (χ0v) is 15.1. The molecule has 1 aliphatic heterocycles. The van der Waals surface area contributed by atoms with Crippen molar-refractivity contribution in [2.24, 2.45) is 40.4 Å². The van der Waals surface area contributed by atoms with Crippen LogP contribution in [0.4, 0.5) is 0 Å². The first kappa shape index (κ1) is 15.4. The number of rotatable bonds is 0. The molecule has 24 heavy (non-hydrogen) atoms. The van der Waals surface area contributed by atoms with Crippen LogP contribution < -0.4 is 0 Å². The quantitative estimate of drug-likeness (QED) is 0.627. The highest BCUT2D eigenvalue weighted by Gasteiger charge is 2.64. The molecular formula is C21H30O3. The second-order valence-corrected chi connectivity index (χ2v) is 10.1. The average Bonchev–Trinajstić information content (AvgIpc) is 3.03. The first-order chi connectivity index (χ1) is 11.4. The van der Waals surface area contributed by atoms with Crippen molar-refractivity contribution in [3.63, 3.8) is 0 Å². The standard InChI is InChI=1S/C21H30O3/c1-20-7-5-14(22)11-13(20)3-4-15-16(20)6-8-21(2)17(15)9-12-10-18(23)24-19(12)21/h12-13,15-17,19H,3-11H2,1-2H3. The number of carbonyl (C=O) groups excluding carboxylic acids is 2. The molecule has 5 aliphatic rings. The van der Waals surface area contributed by atoms with Gasteiger partial charge in [-0.05, 0) is 67.6 Å². The Hall–Kier alpha value is -0.860. The van der Waals surface area contributed by atoms with Gasteiger partial charge in [-0.2, -0.15) is 0 Å². The van der Waals surface area contributed by atoms with E-state index in [9.17, 15) is 9.59 Å². The van der Waals surface area contributed by atoms with Crippen molar-refractivity contribution in [2.45, 2.75) is 77.7 Å². The molecule has 0 aromatic carbocycles. The van der Waals surface area contributed by atoms with Gasteiger partial charge in [0.2, 0.25) is 0 Å². The van der Waals surface area contributed by atoms with Gasteiger partial charge in [-0.25, -0.2) is 0 Å². The second kappa shape index (κ2) is 4.86. The van der Waals surface area contributed by atoms with Crippen LogP contribution in [0.1, 0.15) is 71.6 Å². The van der Waals surface area contributed by atoms with Gasteiger partial charge in [0.1, 0.15) is 11.9 Å². The minimum atomic E-state index is 0.0354. The molecule has 0 aromatic rings. The second-order valence-electron chi connectivity index (χ2n) is 10.1. The van der Waals surface area contributed by atoms with Crippen LogP contribution in [-0.2, 0) is 14.3 Å². The fraction of sp³-hybridized carbons (Fsp3) is 0.905. The third-order valence-electron chi connectivity index (χ3n) is 9.24. The number of carbonyl (C=O) groups is 2. The van der Waals surface area contributed by atoms with E-state index >= 15 is 0 Å². The molecule has 8 atom stereocenters. The number of ketones is 1. The highest BCUT2D eigenvalue weighted by molar-refractivity contribution is 5.79. The Bertz CT molecular complexity index is 586. The minimum absolute atomic E-state index is 0.0354. The molecule has 0 radical (unpaired) electrons. The molecule has 5 rings (SSSR count). The number of ether oxygens (including phenoxy) is 1. The van der Waals surface area contributed by atoms with Crippen molar-refractivity contribution in [3.8, 4) is 0 Å². The molecule has 0 amide bonds. The van der Waals surface area contributed by atoms with Gasteiger partial charge in [-0.15, -0.1) is 0 Å². The summed E-state index contributed by atoms with van der Waals surface area (Å²) in [5.74, 6) is 3.95. The maximum absolute atomic E-state index is 12.0. The molecule has 8 unspecified atom stereocenters. The molecule has 0 aromatic heterocycles. The smallest absolute Gasteiger partial charge is 0.306 e. The Balaban J connectivity index is 1.45. The summed E-state index contributed by atoms with van der Waals surface area (Å²) in [6.07, 6.45) is 9.83. The predicted octanol–water partition coefficient (Wildman–Crippen LogP) is 4.14. The number of Topliss-reactive ketones (excluding diaryl/α,β-unsaturated/α-hetero) is 1. The van der Waals surface area contributed by atoms with E-state index in [2.05, 4.69) is 13.8 Å². The summed E-state index contributed by atoms with van der Waals surface area (Å²) in [7, 11) is 0. The van der Waals surface area contributed by atoms with Gasteiger partial charge >= 0.3 is 5.97 Å². The summed E-state index contributed by atoms with van der Waals surface area (Å²) in [4.78, 5) is 23.7. The molecule has 132 valence electrons. The van der Waals surface area contributed by atoms with E-state index in [0.717, 1.165) is 37.0 Å². The van der Waals surface area contributed by atoms with Crippen LogP contribution >= 0.6 is 0 Å². The largest absolute Gasteiger partial charge is 0.461 e. The molecule has 0 N–H and O–H groups in total. The van der Waals surface area contributed by atoms with Gasteiger partial charge in [0, 0.05) is 24.2 Å². The summed E-state index contributed by atoms with van der Waals surface area (Å²) < 4.78 is 5.80. The zero-order valence-electron chi connectivity index (χ0n) is 15.1. The minimum Gasteiger partial charge on any atom is -0.461 e. The summed E-state index contributed by atoms with van der Waals surface area (Å²) in [5.41, 5.74) is 0.595. The SMILES string of the molecule is CC12CCC(=O)CC1CCC1C2CCC2(C)C1CC1CC(=O)OC12. The van der Waals surface area contributed by atoms with Crippen LogP contribution in [0.15, 0.2) is 0 Å². The van der Waals surface area contributed by atoms with Crippen molar-refractivity contribution < 1.29 is 14.3 Å². The molecule has 3 heteroatoms. The van der Waals surface area contributed by atoms with E-state index < -0.39 is 0 Å². The van der Waals surface area contributed by atoms with E-state index in [1.165, 1.54) is 32.1 Å². The van der Waals surface area contributed by atoms with Gasteiger partial charge < -0.3 is 4.74 Å². The molecule has 0 bridgehead atoms. The predicted molar refractivity (Wildman–Crippen MR) is 90.1 cm³/mol. The third-order valence-corrected chi connectivity index (χ3v) is 9.24. The van der Waals surface area contributed by atoms with Crippen molar-refractivity contribution >= 4 is 11.8 Å². The summed E-state index contributed by atoms with van der Waals surface area (Å²) in [6, 6.07) is 0. The summed E-state index contributed by atoms with van der Waals surface area (Å²) in [5, 5.41) is 0. The van der Waals surface area contributed by atoms with Crippen LogP contribution in [-0.4, -0.2) is 17.9 Å². The van der Waals surface area contributed by atoms with Crippen molar-refractivity contribution in [2.75, 3.05) is 0 Å². The van der Waals surface area contributed by atoms with Crippen LogP contribution in [0, 0.1) is 40.4 Å². The van der Waals surface area contributed by atoms with Crippen molar-refractivity contribution in [1.82, 2.24) is 0 Å². The van der Waals surface area contributed by atoms with Gasteiger partial charge in [0.15, 0.2) is 0 Å². The molecule has 3 nitrogen and oxygen atoms in total. The fourth-order valence-corrected chi connectivity index (χ4v) is 8.00. The number of hydrogen-bond donors (Lipinski definition) is 0. The van der Waals surface area contributed by atoms with Crippen LogP contribution in [0.2, 0.25) is 0 Å². The number of esters is 1. The van der Waals surface area contributed by atoms with Crippen LogP contribution in [0.25, 0.3) is 0 Å². The lowest BCUT2D eigenvalue weighted by Gasteiger charge is -2.60. The topological polar surface area (TPSA) is 43.4 Å². The number of fused-ring (bicyclic) bond motifs is 7. The molecular weight excluding hydrogens is 300 g/mol. The monoisotopic (exact) mass is 330 g/mol.